The second-order valence-corrected chi connectivity index (χ2v) is 7.48. The van der Waals surface area contributed by atoms with Crippen molar-refractivity contribution in [2.24, 2.45) is 17.8 Å². The Hall–Kier alpha value is -0.120. The average molecular weight is 281 g/mol. The molecule has 0 aromatic rings. The van der Waals surface area contributed by atoms with E-state index in [4.69, 9.17) is 4.74 Å². The third kappa shape index (κ3) is 4.44. The quantitative estimate of drug-likeness (QED) is 0.719. The van der Waals surface area contributed by atoms with Crippen molar-refractivity contribution in [3.05, 3.63) is 0 Å². The maximum atomic E-state index is 10.1. The van der Waals surface area contributed by atoms with Crippen LogP contribution in [0.15, 0.2) is 0 Å². The molecular formula is C17H31NO2. The van der Waals surface area contributed by atoms with Crippen molar-refractivity contribution in [1.82, 2.24) is 5.32 Å². The van der Waals surface area contributed by atoms with Gasteiger partial charge in [0.1, 0.15) is 0 Å². The molecule has 0 amide bonds. The van der Waals surface area contributed by atoms with E-state index in [-0.39, 0.29) is 6.10 Å². The maximum absolute atomic E-state index is 10.1. The maximum Gasteiger partial charge on any atom is 0.0897 e. The Morgan fingerprint density at radius 2 is 1.60 bits per heavy atom. The molecule has 3 rings (SSSR count). The van der Waals surface area contributed by atoms with E-state index in [0.717, 1.165) is 17.8 Å². The fourth-order valence-corrected chi connectivity index (χ4v) is 3.60. The van der Waals surface area contributed by atoms with Crippen LogP contribution in [-0.2, 0) is 4.74 Å². The predicted octanol–water partition coefficient (Wildman–Crippen LogP) is 2.72. The molecule has 3 aliphatic rings. The monoisotopic (exact) mass is 281 g/mol. The van der Waals surface area contributed by atoms with Crippen molar-refractivity contribution in [3.8, 4) is 0 Å². The Morgan fingerprint density at radius 3 is 2.15 bits per heavy atom. The zero-order valence-corrected chi connectivity index (χ0v) is 12.9. The second kappa shape index (κ2) is 6.76. The van der Waals surface area contributed by atoms with E-state index in [0.29, 0.717) is 25.3 Å². The van der Waals surface area contributed by atoms with Crippen molar-refractivity contribution in [1.29, 1.82) is 0 Å². The summed E-state index contributed by atoms with van der Waals surface area (Å²) in [6, 6.07) is 0.681. The van der Waals surface area contributed by atoms with Crippen LogP contribution < -0.4 is 5.32 Å². The lowest BCUT2D eigenvalue weighted by Crippen LogP contribution is -2.40. The second-order valence-electron chi connectivity index (χ2n) is 7.48. The number of nitrogens with one attached hydrogen (secondary N) is 1. The minimum atomic E-state index is -0.339. The molecule has 3 aliphatic carbocycles. The summed E-state index contributed by atoms with van der Waals surface area (Å²) in [7, 11) is 0. The first-order valence-corrected chi connectivity index (χ1v) is 8.75. The van der Waals surface area contributed by atoms with Gasteiger partial charge in [-0.05, 0) is 69.1 Å². The molecule has 3 nitrogen and oxygen atoms in total. The highest BCUT2D eigenvalue weighted by Gasteiger charge is 2.41. The summed E-state index contributed by atoms with van der Waals surface area (Å²) in [6.45, 7) is 3.54. The Bertz CT molecular complexity index is 281. The topological polar surface area (TPSA) is 41.5 Å². The highest BCUT2D eigenvalue weighted by atomic mass is 16.5. The van der Waals surface area contributed by atoms with Crippen LogP contribution in [0.4, 0.5) is 0 Å². The summed E-state index contributed by atoms with van der Waals surface area (Å²) < 4.78 is 5.89. The first kappa shape index (κ1) is 14.8. The normalized spacial score (nSPS) is 32.5. The van der Waals surface area contributed by atoms with Crippen LogP contribution in [0.25, 0.3) is 0 Å². The molecule has 0 aromatic heterocycles. The van der Waals surface area contributed by atoms with Gasteiger partial charge in [-0.2, -0.15) is 0 Å². The van der Waals surface area contributed by atoms with Gasteiger partial charge in [-0.3, -0.25) is 0 Å². The van der Waals surface area contributed by atoms with E-state index in [1.807, 2.05) is 0 Å². The van der Waals surface area contributed by atoms with Crippen molar-refractivity contribution in [2.75, 3.05) is 13.2 Å². The van der Waals surface area contributed by atoms with Gasteiger partial charge < -0.3 is 15.2 Å². The first-order chi connectivity index (χ1) is 9.72. The zero-order valence-electron chi connectivity index (χ0n) is 12.9. The molecular weight excluding hydrogens is 250 g/mol. The molecule has 1 unspecified atom stereocenters. The molecule has 0 aromatic carbocycles. The number of rotatable bonds is 8. The van der Waals surface area contributed by atoms with E-state index in [9.17, 15) is 5.11 Å². The van der Waals surface area contributed by atoms with Gasteiger partial charge in [0.15, 0.2) is 0 Å². The van der Waals surface area contributed by atoms with Crippen LogP contribution in [0.3, 0.4) is 0 Å². The van der Waals surface area contributed by atoms with Crippen molar-refractivity contribution in [2.45, 2.75) is 76.5 Å². The number of aliphatic hydroxyl groups excluding tert-OH is 1. The minimum absolute atomic E-state index is 0.339. The largest absolute Gasteiger partial charge is 0.389 e. The van der Waals surface area contributed by atoms with Gasteiger partial charge in [0.2, 0.25) is 0 Å². The molecule has 0 radical (unpaired) electrons. The molecule has 0 aliphatic heterocycles. The molecule has 116 valence electrons. The lowest BCUT2D eigenvalue weighted by Gasteiger charge is -2.27. The van der Waals surface area contributed by atoms with Gasteiger partial charge in [-0.1, -0.05) is 6.92 Å². The number of ether oxygens (including phenoxy) is 1. The number of aliphatic hydroxyl groups is 1. The van der Waals surface area contributed by atoms with E-state index < -0.39 is 0 Å². The molecule has 3 saturated carbocycles. The summed E-state index contributed by atoms with van der Waals surface area (Å²) in [4.78, 5) is 0. The minimum Gasteiger partial charge on any atom is -0.389 e. The van der Waals surface area contributed by atoms with Gasteiger partial charge in [-0.25, -0.2) is 0 Å². The highest BCUT2D eigenvalue weighted by molar-refractivity contribution is 4.96. The summed E-state index contributed by atoms with van der Waals surface area (Å²) in [5.41, 5.74) is 0. The first-order valence-electron chi connectivity index (χ1n) is 8.75. The highest BCUT2D eigenvalue weighted by Crippen LogP contribution is 2.44. The smallest absolute Gasteiger partial charge is 0.0897 e. The molecule has 3 fully saturated rings. The molecule has 1 atom stereocenters. The Labute approximate surface area is 123 Å². The number of hydrogen-bond donors (Lipinski definition) is 2. The van der Waals surface area contributed by atoms with Crippen LogP contribution in [0, 0.1) is 17.8 Å². The molecule has 2 N–H and O–H groups in total. The Morgan fingerprint density at radius 1 is 1.00 bits per heavy atom. The lowest BCUT2D eigenvalue weighted by atomic mass is 9.89. The predicted molar refractivity (Wildman–Crippen MR) is 80.6 cm³/mol. The number of hydrogen-bond acceptors (Lipinski definition) is 3. The lowest BCUT2D eigenvalue weighted by molar-refractivity contribution is -0.0287. The zero-order chi connectivity index (χ0) is 13.9. The van der Waals surface area contributed by atoms with Crippen LogP contribution >= 0.6 is 0 Å². The molecule has 0 saturated heterocycles. The average Bonchev–Trinajstić information content (AvgIpc) is 3.31. The van der Waals surface area contributed by atoms with Gasteiger partial charge >= 0.3 is 0 Å². The fourth-order valence-electron chi connectivity index (χ4n) is 3.60. The van der Waals surface area contributed by atoms with Crippen molar-refractivity contribution >= 4 is 0 Å². The van der Waals surface area contributed by atoms with E-state index in [2.05, 4.69) is 12.2 Å². The van der Waals surface area contributed by atoms with E-state index in [1.54, 1.807) is 0 Å². The molecule has 0 heterocycles. The third-order valence-corrected chi connectivity index (χ3v) is 5.34. The molecule has 0 bridgehead atoms. The summed E-state index contributed by atoms with van der Waals surface area (Å²) in [6.07, 6.45) is 10.5. The van der Waals surface area contributed by atoms with Crippen LogP contribution in [-0.4, -0.2) is 36.5 Å². The van der Waals surface area contributed by atoms with E-state index in [1.165, 1.54) is 51.4 Å². The third-order valence-electron chi connectivity index (χ3n) is 5.34. The van der Waals surface area contributed by atoms with E-state index >= 15 is 0 Å². The van der Waals surface area contributed by atoms with Gasteiger partial charge in [0, 0.05) is 12.6 Å². The SMILES string of the molecule is CC1CCC(OCC(O)CNC(C2CC2)C2CC2)CC1. The van der Waals surface area contributed by atoms with Crippen LogP contribution in [0.5, 0.6) is 0 Å². The van der Waals surface area contributed by atoms with Crippen molar-refractivity contribution < 1.29 is 9.84 Å². The Kier molecular flexibility index (Phi) is 5.00. The van der Waals surface area contributed by atoms with Gasteiger partial charge in [0.05, 0.1) is 18.8 Å². The Balaban J connectivity index is 1.29. The summed E-state index contributed by atoms with van der Waals surface area (Å²) in [5, 5.41) is 13.7. The van der Waals surface area contributed by atoms with Crippen LogP contribution in [0.2, 0.25) is 0 Å². The standard InChI is InChI=1S/C17H31NO2/c1-12-2-8-16(9-3-12)20-11-15(19)10-18-17(13-4-5-13)14-6-7-14/h12-19H,2-11H2,1H3. The van der Waals surface area contributed by atoms with Crippen molar-refractivity contribution in [3.63, 3.8) is 0 Å². The molecule has 0 spiro atoms. The van der Waals surface area contributed by atoms with Crippen LogP contribution in [0.1, 0.15) is 58.3 Å². The molecule has 20 heavy (non-hydrogen) atoms. The fraction of sp³-hybridized carbons (Fsp3) is 1.00. The van der Waals surface area contributed by atoms with Gasteiger partial charge in [0.25, 0.3) is 0 Å². The summed E-state index contributed by atoms with van der Waals surface area (Å²) >= 11 is 0. The van der Waals surface area contributed by atoms with Gasteiger partial charge in [-0.15, -0.1) is 0 Å². The molecule has 3 heteroatoms. The summed E-state index contributed by atoms with van der Waals surface area (Å²) in [5.74, 6) is 2.66.